The van der Waals surface area contributed by atoms with E-state index in [-0.39, 0.29) is 5.91 Å². The molecule has 1 amide bonds. The van der Waals surface area contributed by atoms with Crippen LogP contribution in [0.2, 0.25) is 0 Å². The maximum atomic E-state index is 12.4. The molecule has 0 radical (unpaired) electrons. The van der Waals surface area contributed by atoms with Gasteiger partial charge in [0.1, 0.15) is 18.1 Å². The van der Waals surface area contributed by atoms with E-state index in [1.165, 1.54) is 0 Å². The van der Waals surface area contributed by atoms with E-state index in [2.05, 4.69) is 5.32 Å². The van der Waals surface area contributed by atoms with Crippen LogP contribution in [-0.2, 0) is 30.9 Å². The zero-order valence-electron chi connectivity index (χ0n) is 14.9. The summed E-state index contributed by atoms with van der Waals surface area (Å²) in [5, 5.41) is 2.98. The van der Waals surface area contributed by atoms with Crippen molar-refractivity contribution in [1.82, 2.24) is 5.32 Å². The number of nitrogens with one attached hydrogen (secondary N) is 1. The fraction of sp³-hybridized carbons (Fsp3) is 0.227. The van der Waals surface area contributed by atoms with Crippen LogP contribution in [0.4, 0.5) is 0 Å². The number of ether oxygens (including phenoxy) is 2. The van der Waals surface area contributed by atoms with Crippen LogP contribution < -0.4 is 10.1 Å². The maximum absolute atomic E-state index is 12.4. The quantitative estimate of drug-likeness (QED) is 0.692. The van der Waals surface area contributed by atoms with Crippen molar-refractivity contribution in [1.29, 1.82) is 0 Å². The fourth-order valence-electron chi connectivity index (χ4n) is 3.11. The Morgan fingerprint density at radius 2 is 1.96 bits per heavy atom. The molecule has 3 aromatic rings. The van der Waals surface area contributed by atoms with Gasteiger partial charge in [-0.15, -0.1) is 0 Å². The molecule has 0 spiro atoms. The minimum atomic E-state index is -0.0795. The van der Waals surface area contributed by atoms with E-state index in [0.717, 1.165) is 34.6 Å². The predicted molar refractivity (Wildman–Crippen MR) is 100 cm³/mol. The molecule has 0 atom stereocenters. The monoisotopic (exact) mass is 363 g/mol. The summed E-state index contributed by atoms with van der Waals surface area (Å²) in [6, 6.07) is 17.3. The van der Waals surface area contributed by atoms with Crippen LogP contribution in [0.3, 0.4) is 0 Å². The first-order valence-corrected chi connectivity index (χ1v) is 9.00. The molecule has 1 aliphatic heterocycles. The zero-order valence-corrected chi connectivity index (χ0v) is 14.9. The molecule has 1 N–H and O–H groups in total. The Balaban J connectivity index is 1.30. The normalized spacial score (nSPS) is 12.4. The van der Waals surface area contributed by atoms with E-state index in [1.807, 2.05) is 48.5 Å². The lowest BCUT2D eigenvalue weighted by Crippen LogP contribution is -2.22. The minimum absolute atomic E-state index is 0.0795. The second kappa shape index (κ2) is 8.10. The maximum Gasteiger partial charge on any atom is 0.251 e. The highest BCUT2D eigenvalue weighted by atomic mass is 16.5. The molecule has 2 aromatic carbocycles. The highest BCUT2D eigenvalue weighted by Crippen LogP contribution is 2.25. The standard InChI is InChI=1S/C22H21NO4/c24-22(19-6-7-21-18(12-19)8-10-27-21)23-13-16-3-1-4-17(11-16)14-25-15-20-5-2-9-26-20/h1-7,9,11-12H,8,10,13-15H2,(H,23,24). The highest BCUT2D eigenvalue weighted by molar-refractivity contribution is 5.94. The van der Waals surface area contributed by atoms with Gasteiger partial charge in [0, 0.05) is 18.5 Å². The first kappa shape index (κ1) is 17.4. The van der Waals surface area contributed by atoms with Gasteiger partial charge in [0.2, 0.25) is 0 Å². The molecule has 0 saturated heterocycles. The number of fused-ring (bicyclic) bond motifs is 1. The molecular formula is C22H21NO4. The molecule has 27 heavy (non-hydrogen) atoms. The first-order valence-electron chi connectivity index (χ1n) is 9.00. The van der Waals surface area contributed by atoms with Gasteiger partial charge in [-0.05, 0) is 47.0 Å². The van der Waals surface area contributed by atoms with Crippen molar-refractivity contribution < 1.29 is 18.7 Å². The smallest absolute Gasteiger partial charge is 0.251 e. The molecule has 1 aliphatic rings. The molecule has 0 aliphatic carbocycles. The van der Waals surface area contributed by atoms with E-state index in [9.17, 15) is 4.79 Å². The molecule has 0 unspecified atom stereocenters. The second-order valence-electron chi connectivity index (χ2n) is 6.50. The minimum Gasteiger partial charge on any atom is -0.493 e. The summed E-state index contributed by atoms with van der Waals surface area (Å²) >= 11 is 0. The molecule has 0 saturated carbocycles. The Hall–Kier alpha value is -3.05. The number of furan rings is 1. The molecule has 5 heteroatoms. The van der Waals surface area contributed by atoms with E-state index in [1.54, 1.807) is 12.3 Å². The average Bonchev–Trinajstić information content (AvgIpc) is 3.37. The molecule has 1 aromatic heterocycles. The number of amides is 1. The van der Waals surface area contributed by atoms with Crippen LogP contribution in [0.15, 0.2) is 65.3 Å². The highest BCUT2D eigenvalue weighted by Gasteiger charge is 2.14. The topological polar surface area (TPSA) is 60.7 Å². The molecule has 138 valence electrons. The summed E-state index contributed by atoms with van der Waals surface area (Å²) in [5.41, 5.74) is 3.85. The Morgan fingerprint density at radius 3 is 2.85 bits per heavy atom. The van der Waals surface area contributed by atoms with Crippen molar-refractivity contribution in [2.24, 2.45) is 0 Å². The summed E-state index contributed by atoms with van der Waals surface area (Å²) in [4.78, 5) is 12.4. The van der Waals surface area contributed by atoms with E-state index >= 15 is 0 Å². The SMILES string of the molecule is O=C(NCc1cccc(COCc2ccco2)c1)c1ccc2c(c1)CCO2. The molecule has 0 bridgehead atoms. The third-order valence-electron chi connectivity index (χ3n) is 4.49. The summed E-state index contributed by atoms with van der Waals surface area (Å²) in [6.45, 7) is 2.09. The number of rotatable bonds is 7. The Morgan fingerprint density at radius 1 is 1.04 bits per heavy atom. The molecular weight excluding hydrogens is 342 g/mol. The fourth-order valence-corrected chi connectivity index (χ4v) is 3.11. The third kappa shape index (κ3) is 4.38. The van der Waals surface area contributed by atoms with Gasteiger partial charge >= 0.3 is 0 Å². The van der Waals surface area contributed by atoms with Crippen LogP contribution in [-0.4, -0.2) is 12.5 Å². The summed E-state index contributed by atoms with van der Waals surface area (Å²) < 4.78 is 16.4. The average molecular weight is 363 g/mol. The second-order valence-corrected chi connectivity index (χ2v) is 6.50. The third-order valence-corrected chi connectivity index (χ3v) is 4.49. The molecule has 2 heterocycles. The Bertz CT molecular complexity index is 918. The van der Waals surface area contributed by atoms with Crippen molar-refractivity contribution in [2.75, 3.05) is 6.61 Å². The number of hydrogen-bond acceptors (Lipinski definition) is 4. The van der Waals surface area contributed by atoms with E-state index in [0.29, 0.717) is 31.9 Å². The Kier molecular flexibility index (Phi) is 5.21. The van der Waals surface area contributed by atoms with E-state index in [4.69, 9.17) is 13.9 Å². The number of hydrogen-bond donors (Lipinski definition) is 1. The van der Waals surface area contributed by atoms with Crippen molar-refractivity contribution in [3.8, 4) is 5.75 Å². The van der Waals surface area contributed by atoms with Gasteiger partial charge in [0.25, 0.3) is 5.91 Å². The molecule has 4 rings (SSSR count). The van der Waals surface area contributed by atoms with Gasteiger partial charge in [-0.3, -0.25) is 4.79 Å². The van der Waals surface area contributed by atoms with Gasteiger partial charge in [0.15, 0.2) is 0 Å². The van der Waals surface area contributed by atoms with Crippen molar-refractivity contribution in [3.63, 3.8) is 0 Å². The van der Waals surface area contributed by atoms with Gasteiger partial charge in [-0.2, -0.15) is 0 Å². The first-order chi connectivity index (χ1) is 13.3. The number of benzene rings is 2. The van der Waals surface area contributed by atoms with Crippen LogP contribution >= 0.6 is 0 Å². The van der Waals surface area contributed by atoms with Crippen LogP contribution in [0.1, 0.15) is 32.8 Å². The zero-order chi connectivity index (χ0) is 18.5. The van der Waals surface area contributed by atoms with E-state index < -0.39 is 0 Å². The largest absolute Gasteiger partial charge is 0.493 e. The van der Waals surface area contributed by atoms with Crippen LogP contribution in [0.25, 0.3) is 0 Å². The number of carbonyl (C=O) groups is 1. The lowest BCUT2D eigenvalue weighted by atomic mass is 10.1. The predicted octanol–water partition coefficient (Wildman–Crippen LogP) is 3.86. The van der Waals surface area contributed by atoms with Crippen LogP contribution in [0.5, 0.6) is 5.75 Å². The molecule has 5 nitrogen and oxygen atoms in total. The van der Waals surface area contributed by atoms with Crippen molar-refractivity contribution in [2.45, 2.75) is 26.2 Å². The van der Waals surface area contributed by atoms with Gasteiger partial charge in [0.05, 0.1) is 19.5 Å². The lowest BCUT2D eigenvalue weighted by molar-refractivity contribution is 0.0928. The Labute approximate surface area is 157 Å². The van der Waals surface area contributed by atoms with Gasteiger partial charge in [-0.1, -0.05) is 24.3 Å². The molecule has 0 fully saturated rings. The summed E-state index contributed by atoms with van der Waals surface area (Å²) in [6.07, 6.45) is 2.49. The van der Waals surface area contributed by atoms with Gasteiger partial charge in [-0.25, -0.2) is 0 Å². The summed E-state index contributed by atoms with van der Waals surface area (Å²) in [7, 11) is 0. The van der Waals surface area contributed by atoms with Gasteiger partial charge < -0.3 is 19.2 Å². The van der Waals surface area contributed by atoms with Crippen molar-refractivity contribution >= 4 is 5.91 Å². The van der Waals surface area contributed by atoms with Crippen LogP contribution in [0, 0.1) is 0 Å². The lowest BCUT2D eigenvalue weighted by Gasteiger charge is -2.09. The number of carbonyl (C=O) groups excluding carboxylic acids is 1. The summed E-state index contributed by atoms with van der Waals surface area (Å²) in [5.74, 6) is 1.61. The van der Waals surface area contributed by atoms with Crippen molar-refractivity contribution in [3.05, 3.63) is 88.9 Å².